The third kappa shape index (κ3) is 3.60. The Kier molecular flexibility index (Phi) is 4.79. The fourth-order valence-electron chi connectivity index (χ4n) is 3.26. The molecule has 0 bridgehead atoms. The largest absolute Gasteiger partial charge is 0.416 e. The van der Waals surface area contributed by atoms with Gasteiger partial charge in [0.1, 0.15) is 6.04 Å². The molecule has 8 heteroatoms. The summed E-state index contributed by atoms with van der Waals surface area (Å²) in [6.07, 6.45) is 0.778. The SMILES string of the molecule is C[C@@H](C(=O)N1CCC(O)(c2cccc(C(F)(F)F)c2)CC1)n1ccnc1. The van der Waals surface area contributed by atoms with Crippen molar-refractivity contribution >= 4 is 5.91 Å². The topological polar surface area (TPSA) is 58.4 Å². The van der Waals surface area contributed by atoms with Crippen LogP contribution in [0, 0.1) is 0 Å². The van der Waals surface area contributed by atoms with Crippen LogP contribution in [0.5, 0.6) is 0 Å². The highest BCUT2D eigenvalue weighted by Gasteiger charge is 2.38. The Morgan fingerprint density at radius 1 is 1.31 bits per heavy atom. The maximum absolute atomic E-state index is 12.9. The Labute approximate surface area is 149 Å². The Balaban J connectivity index is 1.70. The van der Waals surface area contributed by atoms with Crippen LogP contribution in [0.2, 0.25) is 0 Å². The first-order valence-corrected chi connectivity index (χ1v) is 8.37. The van der Waals surface area contributed by atoms with E-state index in [2.05, 4.69) is 4.98 Å². The molecule has 2 aromatic rings. The number of aliphatic hydroxyl groups is 1. The number of piperidine rings is 1. The van der Waals surface area contributed by atoms with E-state index in [0.717, 1.165) is 12.1 Å². The lowest BCUT2D eigenvalue weighted by molar-refractivity contribution is -0.139. The van der Waals surface area contributed by atoms with Crippen LogP contribution in [0.15, 0.2) is 43.0 Å². The van der Waals surface area contributed by atoms with Crippen molar-refractivity contribution in [3.63, 3.8) is 0 Å². The molecule has 0 unspecified atom stereocenters. The number of rotatable bonds is 3. The lowest BCUT2D eigenvalue weighted by Crippen LogP contribution is -2.47. The molecule has 1 aliphatic rings. The Morgan fingerprint density at radius 2 is 2.00 bits per heavy atom. The van der Waals surface area contributed by atoms with Gasteiger partial charge < -0.3 is 14.6 Å². The van der Waals surface area contributed by atoms with Crippen molar-refractivity contribution in [3.05, 3.63) is 54.1 Å². The number of aromatic nitrogens is 2. The number of amides is 1. The van der Waals surface area contributed by atoms with Crippen molar-refractivity contribution < 1.29 is 23.1 Å². The molecule has 0 spiro atoms. The van der Waals surface area contributed by atoms with Crippen LogP contribution in [0.1, 0.15) is 36.9 Å². The number of hydrogen-bond acceptors (Lipinski definition) is 3. The van der Waals surface area contributed by atoms with Crippen molar-refractivity contribution in [1.82, 2.24) is 14.5 Å². The molecule has 1 amide bonds. The van der Waals surface area contributed by atoms with Gasteiger partial charge in [0.15, 0.2) is 0 Å². The minimum atomic E-state index is -4.46. The van der Waals surface area contributed by atoms with Gasteiger partial charge in [-0.2, -0.15) is 13.2 Å². The van der Waals surface area contributed by atoms with Crippen molar-refractivity contribution in [1.29, 1.82) is 0 Å². The fourth-order valence-corrected chi connectivity index (χ4v) is 3.26. The van der Waals surface area contributed by atoms with E-state index in [0.29, 0.717) is 0 Å². The summed E-state index contributed by atoms with van der Waals surface area (Å²) in [6, 6.07) is 4.36. The molecule has 1 aliphatic heterocycles. The zero-order valence-electron chi connectivity index (χ0n) is 14.3. The number of nitrogens with zero attached hydrogens (tertiary/aromatic N) is 3. The third-order valence-electron chi connectivity index (χ3n) is 4.96. The van der Waals surface area contributed by atoms with Gasteiger partial charge in [-0.25, -0.2) is 4.98 Å². The predicted molar refractivity (Wildman–Crippen MR) is 88.1 cm³/mol. The van der Waals surface area contributed by atoms with E-state index in [4.69, 9.17) is 0 Å². The quantitative estimate of drug-likeness (QED) is 0.907. The molecule has 0 aliphatic carbocycles. The molecule has 1 N–H and O–H groups in total. The maximum atomic E-state index is 12.9. The molecule has 26 heavy (non-hydrogen) atoms. The molecule has 2 heterocycles. The van der Waals surface area contributed by atoms with Crippen LogP contribution in [0.25, 0.3) is 0 Å². The average molecular weight is 367 g/mol. The summed E-state index contributed by atoms with van der Waals surface area (Å²) >= 11 is 0. The van der Waals surface area contributed by atoms with Crippen molar-refractivity contribution in [3.8, 4) is 0 Å². The summed E-state index contributed by atoms with van der Waals surface area (Å²) in [4.78, 5) is 18.1. The lowest BCUT2D eigenvalue weighted by Gasteiger charge is -2.39. The highest BCUT2D eigenvalue weighted by molar-refractivity contribution is 5.80. The van der Waals surface area contributed by atoms with Crippen molar-refractivity contribution in [2.24, 2.45) is 0 Å². The minimum Gasteiger partial charge on any atom is -0.385 e. The van der Waals surface area contributed by atoms with Crippen LogP contribution in [0.3, 0.4) is 0 Å². The standard InChI is InChI=1S/C18H20F3N3O2/c1-13(24-10-7-22-12-24)16(25)23-8-5-17(26,6-9-23)14-3-2-4-15(11-14)18(19,20)21/h2-4,7,10-13,26H,5-6,8-9H2,1H3/t13-/m0/s1. The van der Waals surface area contributed by atoms with E-state index in [-0.39, 0.29) is 37.4 Å². The number of imidazole rings is 1. The van der Waals surface area contributed by atoms with Crippen LogP contribution < -0.4 is 0 Å². The van der Waals surface area contributed by atoms with Crippen LogP contribution in [-0.2, 0) is 16.6 Å². The first-order chi connectivity index (χ1) is 12.2. The lowest BCUT2D eigenvalue weighted by atomic mass is 9.83. The van der Waals surface area contributed by atoms with E-state index in [1.165, 1.54) is 12.1 Å². The van der Waals surface area contributed by atoms with Gasteiger partial charge in [0.05, 0.1) is 17.5 Å². The Bertz CT molecular complexity index is 766. The monoisotopic (exact) mass is 367 g/mol. The number of hydrogen-bond donors (Lipinski definition) is 1. The van der Waals surface area contributed by atoms with Crippen molar-refractivity contribution in [2.45, 2.75) is 37.6 Å². The van der Waals surface area contributed by atoms with E-state index in [9.17, 15) is 23.1 Å². The summed E-state index contributed by atoms with van der Waals surface area (Å²) in [5, 5.41) is 10.8. The average Bonchev–Trinajstić information content (AvgIpc) is 3.15. The van der Waals surface area contributed by atoms with E-state index in [1.54, 1.807) is 35.1 Å². The third-order valence-corrected chi connectivity index (χ3v) is 4.96. The molecule has 1 saturated heterocycles. The normalized spacial score (nSPS) is 18.6. The fraction of sp³-hybridized carbons (Fsp3) is 0.444. The highest BCUT2D eigenvalue weighted by atomic mass is 19.4. The van der Waals surface area contributed by atoms with Gasteiger partial charge in [-0.1, -0.05) is 12.1 Å². The molecule has 140 valence electrons. The number of carbonyl (C=O) groups is 1. The zero-order valence-corrected chi connectivity index (χ0v) is 14.3. The second-order valence-electron chi connectivity index (χ2n) is 6.62. The highest BCUT2D eigenvalue weighted by Crippen LogP contribution is 2.37. The number of likely N-dealkylation sites (tertiary alicyclic amines) is 1. The molecule has 1 aromatic heterocycles. The first-order valence-electron chi connectivity index (χ1n) is 8.37. The summed E-state index contributed by atoms with van der Waals surface area (Å²) in [5.41, 5.74) is -1.91. The van der Waals surface area contributed by atoms with Gasteiger partial charge in [0.2, 0.25) is 5.91 Å². The van der Waals surface area contributed by atoms with Gasteiger partial charge in [0.25, 0.3) is 0 Å². The summed E-state index contributed by atoms with van der Waals surface area (Å²) in [7, 11) is 0. The second-order valence-corrected chi connectivity index (χ2v) is 6.62. The molecule has 3 rings (SSSR count). The van der Waals surface area contributed by atoms with Crippen LogP contribution in [-0.4, -0.2) is 38.6 Å². The minimum absolute atomic E-state index is 0.103. The van der Waals surface area contributed by atoms with Gasteiger partial charge in [-0.05, 0) is 37.5 Å². The summed E-state index contributed by atoms with van der Waals surface area (Å²) < 4.78 is 40.4. The molecule has 0 saturated carbocycles. The number of carbonyl (C=O) groups excluding carboxylic acids is 1. The Morgan fingerprint density at radius 3 is 2.58 bits per heavy atom. The molecule has 1 atom stereocenters. The Hall–Kier alpha value is -2.35. The van der Waals surface area contributed by atoms with Crippen LogP contribution in [0.4, 0.5) is 13.2 Å². The molecular weight excluding hydrogens is 347 g/mol. The van der Waals surface area contributed by atoms with Gasteiger partial charge in [-0.3, -0.25) is 4.79 Å². The summed E-state index contributed by atoms with van der Waals surface area (Å²) in [5.74, 6) is -0.103. The predicted octanol–water partition coefficient (Wildman–Crippen LogP) is 2.97. The molecule has 0 radical (unpaired) electrons. The zero-order chi connectivity index (χ0) is 18.9. The van der Waals surface area contributed by atoms with E-state index >= 15 is 0 Å². The molecule has 5 nitrogen and oxygen atoms in total. The molecule has 1 aromatic carbocycles. The van der Waals surface area contributed by atoms with E-state index < -0.39 is 23.4 Å². The molecule has 1 fully saturated rings. The van der Waals surface area contributed by atoms with Gasteiger partial charge >= 0.3 is 6.18 Å². The van der Waals surface area contributed by atoms with Crippen LogP contribution >= 0.6 is 0 Å². The second kappa shape index (κ2) is 6.75. The van der Waals surface area contributed by atoms with E-state index in [1.807, 2.05) is 0 Å². The summed E-state index contributed by atoms with van der Waals surface area (Å²) in [6.45, 7) is 2.33. The maximum Gasteiger partial charge on any atom is 0.416 e. The number of halogens is 3. The number of alkyl halides is 3. The first kappa shape index (κ1) is 18.4. The van der Waals surface area contributed by atoms with Gasteiger partial charge in [0, 0.05) is 25.5 Å². The smallest absolute Gasteiger partial charge is 0.385 e. The van der Waals surface area contributed by atoms with Crippen molar-refractivity contribution in [2.75, 3.05) is 13.1 Å². The molecular formula is C18H20F3N3O2. The number of benzene rings is 1. The van der Waals surface area contributed by atoms with Gasteiger partial charge in [-0.15, -0.1) is 0 Å².